The van der Waals surface area contributed by atoms with Crippen LogP contribution in [0, 0.1) is 25.7 Å². The van der Waals surface area contributed by atoms with Crippen molar-refractivity contribution in [2.24, 2.45) is 11.8 Å². The van der Waals surface area contributed by atoms with Gasteiger partial charge in [0.2, 0.25) is 0 Å². The van der Waals surface area contributed by atoms with Crippen molar-refractivity contribution in [1.82, 2.24) is 5.16 Å². The van der Waals surface area contributed by atoms with Crippen molar-refractivity contribution in [3.05, 3.63) is 51.9 Å². The molecule has 2 aromatic rings. The van der Waals surface area contributed by atoms with Gasteiger partial charge in [0.1, 0.15) is 11.5 Å². The van der Waals surface area contributed by atoms with E-state index in [1.807, 2.05) is 0 Å². The number of benzene rings is 1. The third-order valence-electron chi connectivity index (χ3n) is 8.12. The molecule has 4 rings (SSSR count). The van der Waals surface area contributed by atoms with Gasteiger partial charge in [0, 0.05) is 36.7 Å². The SMILES string of the molecule is Cc1ccc(CC(=O)CC(CCCCC(=O)O)c2noc(C3CC(CC(C)C)C3)c2C2CC2)c(C)c1. The van der Waals surface area contributed by atoms with Gasteiger partial charge in [-0.25, -0.2) is 0 Å². The summed E-state index contributed by atoms with van der Waals surface area (Å²) in [5.41, 5.74) is 5.74. The largest absolute Gasteiger partial charge is 0.481 e. The Hall–Kier alpha value is -2.43. The average Bonchev–Trinajstić information content (AvgIpc) is 3.53. The van der Waals surface area contributed by atoms with Crippen LogP contribution in [0.1, 0.15) is 130 Å². The number of aromatic nitrogens is 1. The van der Waals surface area contributed by atoms with Gasteiger partial charge in [-0.15, -0.1) is 0 Å². The second-order valence-corrected chi connectivity index (χ2v) is 12.0. The first-order valence-electron chi connectivity index (χ1n) is 14.0. The minimum atomic E-state index is -0.763. The normalized spacial score (nSPS) is 20.4. The van der Waals surface area contributed by atoms with E-state index < -0.39 is 5.97 Å². The summed E-state index contributed by atoms with van der Waals surface area (Å²) in [5.74, 6) is 3.02. The predicted octanol–water partition coefficient (Wildman–Crippen LogP) is 7.64. The summed E-state index contributed by atoms with van der Waals surface area (Å²) < 4.78 is 6.06. The Balaban J connectivity index is 1.50. The van der Waals surface area contributed by atoms with Crippen molar-refractivity contribution in [2.45, 2.75) is 116 Å². The molecule has 2 saturated carbocycles. The van der Waals surface area contributed by atoms with Crippen LogP contribution in [-0.4, -0.2) is 22.0 Å². The van der Waals surface area contributed by atoms with Crippen LogP contribution in [0.3, 0.4) is 0 Å². The molecular formula is C31H43NO4. The van der Waals surface area contributed by atoms with Crippen LogP contribution < -0.4 is 0 Å². The number of carbonyl (C=O) groups excluding carboxylic acids is 1. The molecule has 196 valence electrons. The topological polar surface area (TPSA) is 80.4 Å². The molecular weight excluding hydrogens is 450 g/mol. The van der Waals surface area contributed by atoms with Crippen molar-refractivity contribution >= 4 is 11.8 Å². The number of Topliss-reactive ketones (excluding diaryl/α,β-unsaturated/α-hetero) is 1. The molecule has 1 unspecified atom stereocenters. The fourth-order valence-electron chi connectivity index (χ4n) is 6.11. The van der Waals surface area contributed by atoms with Gasteiger partial charge in [-0.05, 0) is 87.7 Å². The zero-order chi connectivity index (χ0) is 25.8. The van der Waals surface area contributed by atoms with Gasteiger partial charge in [0.05, 0.1) is 5.69 Å². The summed E-state index contributed by atoms with van der Waals surface area (Å²) in [6.45, 7) is 8.72. The summed E-state index contributed by atoms with van der Waals surface area (Å²) >= 11 is 0. The quantitative estimate of drug-likeness (QED) is 0.274. The highest BCUT2D eigenvalue weighted by atomic mass is 16.5. The molecule has 0 aliphatic heterocycles. The van der Waals surface area contributed by atoms with Crippen molar-refractivity contribution < 1.29 is 19.2 Å². The Labute approximate surface area is 216 Å². The van der Waals surface area contributed by atoms with E-state index in [0.29, 0.717) is 31.1 Å². The molecule has 0 spiro atoms. The fraction of sp³-hybridized carbons (Fsp3) is 0.645. The molecule has 2 aliphatic carbocycles. The molecule has 5 nitrogen and oxygen atoms in total. The number of aliphatic carboxylic acids is 1. The molecule has 2 aliphatic rings. The Morgan fingerprint density at radius 1 is 1.11 bits per heavy atom. The number of carbonyl (C=O) groups is 2. The van der Waals surface area contributed by atoms with Crippen LogP contribution in [0.4, 0.5) is 0 Å². The first-order valence-corrected chi connectivity index (χ1v) is 14.0. The summed E-state index contributed by atoms with van der Waals surface area (Å²) in [6.07, 6.45) is 9.20. The number of nitrogens with zero attached hydrogens (tertiary/aromatic N) is 1. The molecule has 0 saturated heterocycles. The van der Waals surface area contributed by atoms with Crippen LogP contribution in [-0.2, 0) is 16.0 Å². The zero-order valence-electron chi connectivity index (χ0n) is 22.5. The first kappa shape index (κ1) is 26.6. The predicted molar refractivity (Wildman–Crippen MR) is 141 cm³/mol. The van der Waals surface area contributed by atoms with Gasteiger partial charge >= 0.3 is 5.97 Å². The Morgan fingerprint density at radius 2 is 1.86 bits per heavy atom. The standard InChI is InChI=1S/C31H43NO4/c1-19(2)13-22-15-26(16-22)31-29(23-11-12-23)30(32-36-31)25(7-5-6-8-28(34)35)18-27(33)17-24-10-9-20(3)14-21(24)4/h9-10,14,19,22-23,25-26H,5-8,11-13,15-18H2,1-4H3,(H,34,35). The lowest BCUT2D eigenvalue weighted by molar-refractivity contribution is -0.137. The number of hydrogen-bond donors (Lipinski definition) is 1. The highest BCUT2D eigenvalue weighted by Gasteiger charge is 2.41. The van der Waals surface area contributed by atoms with E-state index >= 15 is 0 Å². The first-order chi connectivity index (χ1) is 17.2. The number of ketones is 1. The van der Waals surface area contributed by atoms with Crippen LogP contribution >= 0.6 is 0 Å². The molecule has 0 amide bonds. The minimum absolute atomic E-state index is 0.00307. The van der Waals surface area contributed by atoms with E-state index in [-0.39, 0.29) is 18.1 Å². The van der Waals surface area contributed by atoms with Crippen molar-refractivity contribution in [1.29, 1.82) is 0 Å². The summed E-state index contributed by atoms with van der Waals surface area (Å²) in [7, 11) is 0. The van der Waals surface area contributed by atoms with Gasteiger partial charge in [0.15, 0.2) is 0 Å². The number of hydrogen-bond acceptors (Lipinski definition) is 4. The van der Waals surface area contributed by atoms with Gasteiger partial charge in [-0.2, -0.15) is 0 Å². The van der Waals surface area contributed by atoms with Gasteiger partial charge < -0.3 is 9.63 Å². The second kappa shape index (κ2) is 11.7. The molecule has 1 aromatic heterocycles. The Kier molecular flexibility index (Phi) is 8.69. The van der Waals surface area contributed by atoms with Crippen LogP contribution in [0.15, 0.2) is 22.7 Å². The maximum atomic E-state index is 13.3. The molecule has 5 heteroatoms. The smallest absolute Gasteiger partial charge is 0.303 e. The molecule has 1 N–H and O–H groups in total. The third kappa shape index (κ3) is 6.86. The fourth-order valence-corrected chi connectivity index (χ4v) is 6.11. The van der Waals surface area contributed by atoms with E-state index in [1.54, 1.807) is 0 Å². The van der Waals surface area contributed by atoms with E-state index in [0.717, 1.165) is 47.3 Å². The Morgan fingerprint density at radius 3 is 2.50 bits per heavy atom. The van der Waals surface area contributed by atoms with Crippen LogP contribution in [0.2, 0.25) is 0 Å². The molecule has 36 heavy (non-hydrogen) atoms. The number of unbranched alkanes of at least 4 members (excludes halogenated alkanes) is 1. The lowest BCUT2D eigenvalue weighted by Crippen LogP contribution is -2.23. The van der Waals surface area contributed by atoms with E-state index in [2.05, 4.69) is 51.1 Å². The molecule has 0 bridgehead atoms. The lowest BCUT2D eigenvalue weighted by Gasteiger charge is -2.35. The van der Waals surface area contributed by atoms with Crippen molar-refractivity contribution in [3.8, 4) is 0 Å². The summed E-state index contributed by atoms with van der Waals surface area (Å²) in [6, 6.07) is 6.27. The number of carboxylic acid groups (broad SMARTS) is 1. The maximum Gasteiger partial charge on any atom is 0.303 e. The van der Waals surface area contributed by atoms with Crippen molar-refractivity contribution in [3.63, 3.8) is 0 Å². The lowest BCUT2D eigenvalue weighted by atomic mass is 9.69. The number of rotatable bonds is 14. The third-order valence-corrected chi connectivity index (χ3v) is 8.12. The van der Waals surface area contributed by atoms with E-state index in [1.165, 1.54) is 43.2 Å². The summed E-state index contributed by atoms with van der Waals surface area (Å²) in [5, 5.41) is 13.7. The maximum absolute atomic E-state index is 13.3. The zero-order valence-corrected chi connectivity index (χ0v) is 22.5. The van der Waals surface area contributed by atoms with Crippen LogP contribution in [0.25, 0.3) is 0 Å². The van der Waals surface area contributed by atoms with Crippen molar-refractivity contribution in [2.75, 3.05) is 0 Å². The van der Waals surface area contributed by atoms with E-state index in [9.17, 15) is 9.59 Å². The molecule has 1 aromatic carbocycles. The highest BCUT2D eigenvalue weighted by molar-refractivity contribution is 5.82. The van der Waals surface area contributed by atoms with Gasteiger partial charge in [-0.1, -0.05) is 49.2 Å². The molecule has 1 heterocycles. The molecule has 2 fully saturated rings. The Bertz CT molecular complexity index is 1060. The monoisotopic (exact) mass is 493 g/mol. The minimum Gasteiger partial charge on any atom is -0.481 e. The second-order valence-electron chi connectivity index (χ2n) is 12.0. The molecule has 1 atom stereocenters. The molecule has 0 radical (unpaired) electrons. The number of carboxylic acids is 1. The highest BCUT2D eigenvalue weighted by Crippen LogP contribution is 2.53. The average molecular weight is 494 g/mol. The van der Waals surface area contributed by atoms with E-state index in [4.69, 9.17) is 9.63 Å². The van der Waals surface area contributed by atoms with Gasteiger partial charge in [-0.3, -0.25) is 9.59 Å². The van der Waals surface area contributed by atoms with Gasteiger partial charge in [0.25, 0.3) is 0 Å². The van der Waals surface area contributed by atoms with Crippen LogP contribution in [0.5, 0.6) is 0 Å². The summed E-state index contributed by atoms with van der Waals surface area (Å²) in [4.78, 5) is 24.3. The number of aryl methyl sites for hydroxylation is 2.